The summed E-state index contributed by atoms with van der Waals surface area (Å²) in [5, 5.41) is 0. The molecule has 0 bridgehead atoms. The molecule has 0 amide bonds. The van der Waals surface area contributed by atoms with Crippen molar-refractivity contribution in [1.82, 2.24) is 4.98 Å². The molecule has 0 atom stereocenters. The maximum atomic E-state index is 12.0. The van der Waals surface area contributed by atoms with Crippen LogP contribution in [0.25, 0.3) is 0 Å². The lowest BCUT2D eigenvalue weighted by molar-refractivity contribution is 0.0599. The minimum atomic E-state index is -0.266. The third-order valence-corrected chi connectivity index (χ3v) is 4.24. The molecule has 108 valence electrons. The van der Waals surface area contributed by atoms with E-state index in [-0.39, 0.29) is 5.97 Å². The standard InChI is InChI=1S/C17H16BrNO2/c1-21-17(20)15-9-13(12-3-4-12)5-6-14(15)8-11-2-7-16(18)19-10-11/h2,5-7,9-10,12H,3-4,8H2,1H3. The van der Waals surface area contributed by atoms with Gasteiger partial charge in [-0.15, -0.1) is 0 Å². The first kappa shape index (κ1) is 14.3. The molecule has 3 nitrogen and oxygen atoms in total. The highest BCUT2D eigenvalue weighted by molar-refractivity contribution is 9.10. The molecule has 21 heavy (non-hydrogen) atoms. The summed E-state index contributed by atoms with van der Waals surface area (Å²) in [4.78, 5) is 16.3. The minimum absolute atomic E-state index is 0.266. The molecule has 1 heterocycles. The summed E-state index contributed by atoms with van der Waals surface area (Å²) >= 11 is 3.33. The predicted octanol–water partition coefficient (Wildman–Crippen LogP) is 4.10. The van der Waals surface area contributed by atoms with E-state index in [2.05, 4.69) is 27.0 Å². The summed E-state index contributed by atoms with van der Waals surface area (Å²) < 4.78 is 5.74. The summed E-state index contributed by atoms with van der Waals surface area (Å²) in [5.74, 6) is 0.356. The molecule has 1 fully saturated rings. The average molecular weight is 346 g/mol. The molecule has 0 unspecified atom stereocenters. The molecule has 1 aromatic heterocycles. The molecule has 2 aromatic rings. The summed E-state index contributed by atoms with van der Waals surface area (Å²) in [6, 6.07) is 10.1. The molecular formula is C17H16BrNO2. The number of rotatable bonds is 4. The maximum absolute atomic E-state index is 12.0. The van der Waals surface area contributed by atoms with Crippen LogP contribution in [-0.4, -0.2) is 18.1 Å². The fourth-order valence-corrected chi connectivity index (χ4v) is 2.68. The Bertz CT molecular complexity index is 663. The van der Waals surface area contributed by atoms with Crippen LogP contribution >= 0.6 is 15.9 Å². The van der Waals surface area contributed by atoms with Gasteiger partial charge >= 0.3 is 5.97 Å². The number of pyridine rings is 1. The number of halogens is 1. The van der Waals surface area contributed by atoms with Gasteiger partial charge in [0.1, 0.15) is 4.60 Å². The van der Waals surface area contributed by atoms with Crippen LogP contribution in [0.1, 0.15) is 45.8 Å². The number of esters is 1. The Morgan fingerprint density at radius 3 is 2.76 bits per heavy atom. The van der Waals surface area contributed by atoms with Crippen LogP contribution in [-0.2, 0) is 11.2 Å². The molecule has 1 aromatic carbocycles. The van der Waals surface area contributed by atoms with Crippen molar-refractivity contribution in [2.24, 2.45) is 0 Å². The lowest BCUT2D eigenvalue weighted by Gasteiger charge is -2.10. The van der Waals surface area contributed by atoms with Crippen molar-refractivity contribution in [1.29, 1.82) is 0 Å². The molecule has 0 aliphatic heterocycles. The van der Waals surface area contributed by atoms with E-state index in [4.69, 9.17) is 4.74 Å². The number of hydrogen-bond acceptors (Lipinski definition) is 3. The van der Waals surface area contributed by atoms with E-state index in [1.54, 1.807) is 0 Å². The number of benzene rings is 1. The van der Waals surface area contributed by atoms with Crippen molar-refractivity contribution in [3.05, 3.63) is 63.4 Å². The smallest absolute Gasteiger partial charge is 0.338 e. The Hall–Kier alpha value is -1.68. The lowest BCUT2D eigenvalue weighted by Crippen LogP contribution is -2.07. The Morgan fingerprint density at radius 1 is 1.33 bits per heavy atom. The van der Waals surface area contributed by atoms with Crippen LogP contribution in [0.15, 0.2) is 41.1 Å². The fraction of sp³-hybridized carbons (Fsp3) is 0.294. The Morgan fingerprint density at radius 2 is 2.14 bits per heavy atom. The zero-order valence-electron chi connectivity index (χ0n) is 11.8. The summed E-state index contributed by atoms with van der Waals surface area (Å²) in [6.07, 6.45) is 4.93. The zero-order chi connectivity index (χ0) is 14.8. The number of nitrogens with zero attached hydrogens (tertiary/aromatic N) is 1. The first-order chi connectivity index (χ1) is 10.2. The molecule has 0 spiro atoms. The topological polar surface area (TPSA) is 39.2 Å². The number of carbonyl (C=O) groups is 1. The van der Waals surface area contributed by atoms with E-state index in [0.717, 1.165) is 15.7 Å². The quantitative estimate of drug-likeness (QED) is 0.618. The highest BCUT2D eigenvalue weighted by Gasteiger charge is 2.25. The van der Waals surface area contributed by atoms with Crippen LogP contribution in [0.5, 0.6) is 0 Å². The molecule has 1 aliphatic carbocycles. The largest absolute Gasteiger partial charge is 0.465 e. The zero-order valence-corrected chi connectivity index (χ0v) is 13.4. The van der Waals surface area contributed by atoms with Gasteiger partial charge in [0.15, 0.2) is 0 Å². The minimum Gasteiger partial charge on any atom is -0.465 e. The molecule has 3 rings (SSSR count). The van der Waals surface area contributed by atoms with Gasteiger partial charge in [-0.25, -0.2) is 9.78 Å². The second-order valence-electron chi connectivity index (χ2n) is 5.35. The van der Waals surface area contributed by atoms with Crippen LogP contribution in [0.2, 0.25) is 0 Å². The van der Waals surface area contributed by atoms with E-state index in [1.807, 2.05) is 30.5 Å². The van der Waals surface area contributed by atoms with E-state index in [0.29, 0.717) is 17.9 Å². The first-order valence-corrected chi connectivity index (χ1v) is 7.78. The highest BCUT2D eigenvalue weighted by Crippen LogP contribution is 2.40. The monoisotopic (exact) mass is 345 g/mol. The van der Waals surface area contributed by atoms with Crippen molar-refractivity contribution in [3.63, 3.8) is 0 Å². The highest BCUT2D eigenvalue weighted by atomic mass is 79.9. The van der Waals surface area contributed by atoms with Gasteiger partial charge in [-0.2, -0.15) is 0 Å². The van der Waals surface area contributed by atoms with Gasteiger partial charge in [0.2, 0.25) is 0 Å². The van der Waals surface area contributed by atoms with E-state index in [9.17, 15) is 4.79 Å². The Balaban J connectivity index is 1.92. The number of ether oxygens (including phenoxy) is 1. The van der Waals surface area contributed by atoms with E-state index >= 15 is 0 Å². The molecule has 0 N–H and O–H groups in total. The van der Waals surface area contributed by atoms with Crippen LogP contribution < -0.4 is 0 Å². The second kappa shape index (κ2) is 5.98. The lowest BCUT2D eigenvalue weighted by atomic mass is 9.97. The second-order valence-corrected chi connectivity index (χ2v) is 6.16. The summed E-state index contributed by atoms with van der Waals surface area (Å²) in [6.45, 7) is 0. The van der Waals surface area contributed by atoms with Crippen molar-refractivity contribution in [2.75, 3.05) is 7.11 Å². The molecule has 1 saturated carbocycles. The van der Waals surface area contributed by atoms with Gasteiger partial charge in [-0.1, -0.05) is 18.2 Å². The third-order valence-electron chi connectivity index (χ3n) is 3.77. The summed E-state index contributed by atoms with van der Waals surface area (Å²) in [5.41, 5.74) is 3.97. The molecular weight excluding hydrogens is 330 g/mol. The third kappa shape index (κ3) is 3.32. The molecule has 4 heteroatoms. The van der Waals surface area contributed by atoms with Crippen LogP contribution in [0.4, 0.5) is 0 Å². The van der Waals surface area contributed by atoms with Crippen molar-refractivity contribution < 1.29 is 9.53 Å². The normalized spacial score (nSPS) is 14.0. The van der Waals surface area contributed by atoms with Gasteiger partial charge in [-0.3, -0.25) is 0 Å². The number of carbonyl (C=O) groups excluding carboxylic acids is 1. The van der Waals surface area contributed by atoms with Gasteiger partial charge in [0.25, 0.3) is 0 Å². The van der Waals surface area contributed by atoms with E-state index in [1.165, 1.54) is 25.5 Å². The fourth-order valence-electron chi connectivity index (χ4n) is 2.45. The number of aromatic nitrogens is 1. The Labute approximate surface area is 132 Å². The Kier molecular flexibility index (Phi) is 4.06. The summed E-state index contributed by atoms with van der Waals surface area (Å²) in [7, 11) is 1.43. The molecule has 0 radical (unpaired) electrons. The van der Waals surface area contributed by atoms with Gasteiger partial charge in [0.05, 0.1) is 12.7 Å². The van der Waals surface area contributed by atoms with Crippen molar-refractivity contribution in [2.45, 2.75) is 25.2 Å². The average Bonchev–Trinajstić information content (AvgIpc) is 3.34. The molecule has 1 aliphatic rings. The van der Waals surface area contributed by atoms with Crippen molar-refractivity contribution in [3.8, 4) is 0 Å². The maximum Gasteiger partial charge on any atom is 0.338 e. The van der Waals surface area contributed by atoms with Gasteiger partial charge in [0, 0.05) is 6.20 Å². The van der Waals surface area contributed by atoms with Crippen molar-refractivity contribution >= 4 is 21.9 Å². The number of methoxy groups -OCH3 is 1. The van der Waals surface area contributed by atoms with Gasteiger partial charge < -0.3 is 4.74 Å². The van der Waals surface area contributed by atoms with Gasteiger partial charge in [-0.05, 0) is 69.9 Å². The number of hydrogen-bond donors (Lipinski definition) is 0. The first-order valence-electron chi connectivity index (χ1n) is 6.99. The van der Waals surface area contributed by atoms with Crippen LogP contribution in [0, 0.1) is 0 Å². The van der Waals surface area contributed by atoms with E-state index < -0.39 is 0 Å². The SMILES string of the molecule is COC(=O)c1cc(C2CC2)ccc1Cc1ccc(Br)nc1. The van der Waals surface area contributed by atoms with Crippen LogP contribution in [0.3, 0.4) is 0 Å². The predicted molar refractivity (Wildman–Crippen MR) is 84.5 cm³/mol. The molecule has 0 saturated heterocycles.